The summed E-state index contributed by atoms with van der Waals surface area (Å²) in [5.74, 6) is 0. The van der Waals surface area contributed by atoms with E-state index in [0.717, 1.165) is 12.8 Å². The average molecular weight is 276 g/mol. The molecule has 3 aliphatic rings. The van der Waals surface area contributed by atoms with Crippen LogP contribution in [0.1, 0.15) is 73.4 Å². The van der Waals surface area contributed by atoms with Crippen LogP contribution in [-0.2, 0) is 18.4 Å². The molecular weight excluding hydrogens is 252 g/mol. The molecule has 2 N–H and O–H groups in total. The van der Waals surface area contributed by atoms with Gasteiger partial charge in [0.25, 0.3) is 0 Å². The SMILES string of the molecule is NC1(c2nc3c(s2)CC2(CCCC2)CC3)CCCC1. The molecule has 0 bridgehead atoms. The molecule has 19 heavy (non-hydrogen) atoms. The van der Waals surface area contributed by atoms with Gasteiger partial charge in [0.2, 0.25) is 0 Å². The summed E-state index contributed by atoms with van der Waals surface area (Å²) in [4.78, 5) is 6.54. The second-order valence-corrected chi connectivity index (χ2v) is 8.22. The summed E-state index contributed by atoms with van der Waals surface area (Å²) in [7, 11) is 0. The zero-order valence-electron chi connectivity index (χ0n) is 11.7. The van der Waals surface area contributed by atoms with Crippen LogP contribution < -0.4 is 5.73 Å². The van der Waals surface area contributed by atoms with Crippen molar-refractivity contribution in [2.45, 2.75) is 76.2 Å². The Morgan fingerprint density at radius 1 is 0.947 bits per heavy atom. The fraction of sp³-hybridized carbons (Fsp3) is 0.812. The van der Waals surface area contributed by atoms with Gasteiger partial charge in [-0.3, -0.25) is 0 Å². The van der Waals surface area contributed by atoms with Crippen molar-refractivity contribution in [2.24, 2.45) is 11.1 Å². The molecule has 0 amide bonds. The largest absolute Gasteiger partial charge is 0.319 e. The Morgan fingerprint density at radius 2 is 1.63 bits per heavy atom. The lowest BCUT2D eigenvalue weighted by molar-refractivity contribution is 0.256. The van der Waals surface area contributed by atoms with Crippen LogP contribution in [0.2, 0.25) is 0 Å². The molecule has 1 aromatic rings. The van der Waals surface area contributed by atoms with E-state index in [1.165, 1.54) is 68.5 Å². The summed E-state index contributed by atoms with van der Waals surface area (Å²) in [6, 6.07) is 0. The minimum Gasteiger partial charge on any atom is -0.319 e. The fourth-order valence-corrected chi connectivity index (χ4v) is 5.95. The normalized spacial score (nSPS) is 27.8. The number of aryl methyl sites for hydroxylation is 1. The number of hydrogen-bond acceptors (Lipinski definition) is 3. The van der Waals surface area contributed by atoms with E-state index in [2.05, 4.69) is 0 Å². The quantitative estimate of drug-likeness (QED) is 0.844. The summed E-state index contributed by atoms with van der Waals surface area (Å²) in [5.41, 5.74) is 8.55. The molecule has 4 rings (SSSR count). The highest BCUT2D eigenvalue weighted by Gasteiger charge is 2.41. The van der Waals surface area contributed by atoms with E-state index in [0.29, 0.717) is 5.41 Å². The third-order valence-electron chi connectivity index (χ3n) is 5.79. The van der Waals surface area contributed by atoms with Crippen molar-refractivity contribution in [3.63, 3.8) is 0 Å². The molecule has 1 heterocycles. The molecule has 2 nitrogen and oxygen atoms in total. The molecule has 0 saturated heterocycles. The van der Waals surface area contributed by atoms with Crippen LogP contribution in [0, 0.1) is 5.41 Å². The summed E-state index contributed by atoms with van der Waals surface area (Å²) < 4.78 is 0. The van der Waals surface area contributed by atoms with Gasteiger partial charge in [-0.2, -0.15) is 0 Å². The summed E-state index contributed by atoms with van der Waals surface area (Å²) >= 11 is 1.96. The Hall–Kier alpha value is -0.410. The molecule has 1 aromatic heterocycles. The molecule has 0 aliphatic heterocycles. The van der Waals surface area contributed by atoms with E-state index in [9.17, 15) is 0 Å². The maximum absolute atomic E-state index is 6.59. The summed E-state index contributed by atoms with van der Waals surface area (Å²) in [6.45, 7) is 0. The van der Waals surface area contributed by atoms with E-state index >= 15 is 0 Å². The van der Waals surface area contributed by atoms with Crippen molar-refractivity contribution in [3.05, 3.63) is 15.6 Å². The van der Waals surface area contributed by atoms with Crippen LogP contribution >= 0.6 is 11.3 Å². The topological polar surface area (TPSA) is 38.9 Å². The first-order valence-electron chi connectivity index (χ1n) is 7.97. The van der Waals surface area contributed by atoms with E-state index in [1.807, 2.05) is 11.3 Å². The molecule has 2 saturated carbocycles. The predicted octanol–water partition coefficient (Wildman–Crippen LogP) is 3.92. The molecule has 0 atom stereocenters. The van der Waals surface area contributed by atoms with Crippen molar-refractivity contribution < 1.29 is 0 Å². The molecule has 0 radical (unpaired) electrons. The van der Waals surface area contributed by atoms with Crippen molar-refractivity contribution in [1.82, 2.24) is 4.98 Å². The van der Waals surface area contributed by atoms with Crippen molar-refractivity contribution in [2.75, 3.05) is 0 Å². The minimum atomic E-state index is -0.0785. The van der Waals surface area contributed by atoms with Gasteiger partial charge in [-0.05, 0) is 50.4 Å². The first-order chi connectivity index (χ1) is 9.19. The first kappa shape index (κ1) is 12.3. The number of rotatable bonds is 1. The molecular formula is C16H24N2S. The maximum atomic E-state index is 6.59. The lowest BCUT2D eigenvalue weighted by Crippen LogP contribution is -2.32. The highest BCUT2D eigenvalue weighted by molar-refractivity contribution is 7.11. The number of fused-ring (bicyclic) bond motifs is 1. The number of nitrogens with two attached hydrogens (primary N) is 1. The number of thiazole rings is 1. The standard InChI is InChI=1S/C16H24N2S/c17-16(8-3-4-9-16)14-18-12-5-10-15(6-1-2-7-15)11-13(12)19-14/h1-11,17H2. The Morgan fingerprint density at radius 3 is 2.37 bits per heavy atom. The average Bonchev–Trinajstić information content (AvgIpc) is 3.10. The number of aromatic nitrogens is 1. The maximum Gasteiger partial charge on any atom is 0.113 e. The minimum absolute atomic E-state index is 0.0785. The fourth-order valence-electron chi connectivity index (χ4n) is 4.51. The van der Waals surface area contributed by atoms with E-state index in [1.54, 1.807) is 4.88 Å². The summed E-state index contributed by atoms with van der Waals surface area (Å²) in [5, 5.41) is 1.25. The summed E-state index contributed by atoms with van der Waals surface area (Å²) in [6.07, 6.45) is 14.5. The zero-order chi connectivity index (χ0) is 12.9. The Balaban J connectivity index is 1.64. The van der Waals surface area contributed by atoms with Gasteiger partial charge in [0.05, 0.1) is 11.2 Å². The first-order valence-corrected chi connectivity index (χ1v) is 8.79. The van der Waals surface area contributed by atoms with Gasteiger partial charge in [0.15, 0.2) is 0 Å². The lowest BCUT2D eigenvalue weighted by Gasteiger charge is -2.32. The molecule has 3 aliphatic carbocycles. The third kappa shape index (κ3) is 1.97. The van der Waals surface area contributed by atoms with Gasteiger partial charge in [-0.25, -0.2) is 4.98 Å². The molecule has 2 fully saturated rings. The van der Waals surface area contributed by atoms with Crippen molar-refractivity contribution in [3.8, 4) is 0 Å². The van der Waals surface area contributed by atoms with Crippen molar-refractivity contribution >= 4 is 11.3 Å². The molecule has 1 spiro atoms. The molecule has 104 valence electrons. The highest BCUT2D eigenvalue weighted by atomic mass is 32.1. The van der Waals surface area contributed by atoms with Gasteiger partial charge in [0.1, 0.15) is 5.01 Å². The van der Waals surface area contributed by atoms with Crippen LogP contribution in [0.3, 0.4) is 0 Å². The lowest BCUT2D eigenvalue weighted by atomic mass is 9.74. The number of hydrogen-bond donors (Lipinski definition) is 1. The van der Waals surface area contributed by atoms with E-state index in [4.69, 9.17) is 10.7 Å². The second-order valence-electron chi connectivity index (χ2n) is 7.14. The van der Waals surface area contributed by atoms with Crippen LogP contribution in [0.25, 0.3) is 0 Å². The van der Waals surface area contributed by atoms with Crippen LogP contribution in [0.5, 0.6) is 0 Å². The molecule has 3 heteroatoms. The molecule has 0 unspecified atom stereocenters. The third-order valence-corrected chi connectivity index (χ3v) is 7.11. The predicted molar refractivity (Wildman–Crippen MR) is 79.4 cm³/mol. The van der Waals surface area contributed by atoms with Gasteiger partial charge in [0, 0.05) is 4.88 Å². The smallest absolute Gasteiger partial charge is 0.113 e. The van der Waals surface area contributed by atoms with Crippen molar-refractivity contribution in [1.29, 1.82) is 0 Å². The van der Waals surface area contributed by atoms with Gasteiger partial charge < -0.3 is 5.73 Å². The number of nitrogens with zero attached hydrogens (tertiary/aromatic N) is 1. The van der Waals surface area contributed by atoms with Gasteiger partial charge in [-0.15, -0.1) is 11.3 Å². The Bertz CT molecular complexity index is 479. The van der Waals surface area contributed by atoms with Gasteiger partial charge >= 0.3 is 0 Å². The molecule has 0 aromatic carbocycles. The van der Waals surface area contributed by atoms with E-state index < -0.39 is 0 Å². The Kier molecular flexibility index (Phi) is 2.79. The zero-order valence-corrected chi connectivity index (χ0v) is 12.5. The second kappa shape index (κ2) is 4.29. The highest BCUT2D eigenvalue weighted by Crippen LogP contribution is 2.50. The Labute approximate surface area is 119 Å². The van der Waals surface area contributed by atoms with Gasteiger partial charge in [-0.1, -0.05) is 25.7 Å². The van der Waals surface area contributed by atoms with Crippen LogP contribution in [0.4, 0.5) is 0 Å². The monoisotopic (exact) mass is 276 g/mol. The van der Waals surface area contributed by atoms with Crippen LogP contribution in [0.15, 0.2) is 0 Å². The van der Waals surface area contributed by atoms with E-state index in [-0.39, 0.29) is 5.54 Å². The van der Waals surface area contributed by atoms with Crippen LogP contribution in [-0.4, -0.2) is 4.98 Å².